The Morgan fingerprint density at radius 3 is 2.90 bits per heavy atom. The third-order valence-electron chi connectivity index (χ3n) is 4.92. The highest BCUT2D eigenvalue weighted by molar-refractivity contribution is 5.83. The van der Waals surface area contributed by atoms with Crippen molar-refractivity contribution in [3.8, 4) is 0 Å². The summed E-state index contributed by atoms with van der Waals surface area (Å²) in [6.07, 6.45) is 4.31. The second-order valence-corrected chi connectivity index (χ2v) is 6.32. The predicted octanol–water partition coefficient (Wildman–Crippen LogP) is 1.09. The molecule has 0 spiro atoms. The standard InChI is InChI=1S/C17H24N2O2/c20-11-14(9-12-5-2-1-3-6-12)19-17(21)16-15-8-4-7-13(15)10-18-16/h1-3,5-6,13-16,18,20H,4,7-11H2,(H,19,21)/t13?,14-,15?,16?/m0/s1. The number of amides is 1. The molecule has 1 saturated carbocycles. The van der Waals surface area contributed by atoms with Crippen LogP contribution >= 0.6 is 0 Å². The van der Waals surface area contributed by atoms with Gasteiger partial charge in [0.2, 0.25) is 5.91 Å². The lowest BCUT2D eigenvalue weighted by Gasteiger charge is -2.22. The van der Waals surface area contributed by atoms with E-state index in [1.165, 1.54) is 12.8 Å². The summed E-state index contributed by atoms with van der Waals surface area (Å²) in [6, 6.07) is 9.70. The Kier molecular flexibility index (Phi) is 4.56. The molecule has 1 amide bonds. The molecule has 1 aliphatic carbocycles. The third kappa shape index (κ3) is 3.27. The number of fused-ring (bicyclic) bond motifs is 1. The van der Waals surface area contributed by atoms with Gasteiger partial charge < -0.3 is 15.7 Å². The Bertz CT molecular complexity index is 477. The first-order chi connectivity index (χ1) is 10.3. The smallest absolute Gasteiger partial charge is 0.237 e. The normalized spacial score (nSPS) is 29.1. The molecule has 0 bridgehead atoms. The largest absolute Gasteiger partial charge is 0.394 e. The monoisotopic (exact) mass is 288 g/mol. The SMILES string of the molecule is O=C(N[C@H](CO)Cc1ccccc1)C1NCC2CCCC21. The lowest BCUT2D eigenvalue weighted by molar-refractivity contribution is -0.124. The number of carbonyl (C=O) groups is 1. The number of rotatable bonds is 5. The molecule has 3 N–H and O–H groups in total. The summed E-state index contributed by atoms with van der Waals surface area (Å²) in [6.45, 7) is 0.937. The van der Waals surface area contributed by atoms with Crippen molar-refractivity contribution in [1.82, 2.24) is 10.6 Å². The number of nitrogens with one attached hydrogen (secondary N) is 2. The number of hydrogen-bond donors (Lipinski definition) is 3. The Hall–Kier alpha value is -1.39. The number of hydrogen-bond acceptors (Lipinski definition) is 3. The molecule has 3 rings (SSSR count). The van der Waals surface area contributed by atoms with Crippen molar-refractivity contribution < 1.29 is 9.90 Å². The van der Waals surface area contributed by atoms with E-state index in [1.54, 1.807) is 0 Å². The number of aliphatic hydroxyl groups excluding tert-OH is 1. The van der Waals surface area contributed by atoms with Crippen molar-refractivity contribution in [3.05, 3.63) is 35.9 Å². The molecule has 3 unspecified atom stereocenters. The molecule has 1 aromatic rings. The van der Waals surface area contributed by atoms with E-state index in [1.807, 2.05) is 30.3 Å². The van der Waals surface area contributed by atoms with Gasteiger partial charge in [0.25, 0.3) is 0 Å². The van der Waals surface area contributed by atoms with Gasteiger partial charge in [0, 0.05) is 0 Å². The van der Waals surface area contributed by atoms with Crippen molar-refractivity contribution in [3.63, 3.8) is 0 Å². The predicted molar refractivity (Wildman–Crippen MR) is 81.8 cm³/mol. The fourth-order valence-corrected chi connectivity index (χ4v) is 3.83. The van der Waals surface area contributed by atoms with Crippen LogP contribution in [0.5, 0.6) is 0 Å². The summed E-state index contributed by atoms with van der Waals surface area (Å²) in [5.41, 5.74) is 1.13. The van der Waals surface area contributed by atoms with E-state index >= 15 is 0 Å². The number of carbonyl (C=O) groups excluding carboxylic acids is 1. The van der Waals surface area contributed by atoms with Gasteiger partial charge in [-0.05, 0) is 43.2 Å². The van der Waals surface area contributed by atoms with Gasteiger partial charge in [-0.15, -0.1) is 0 Å². The van der Waals surface area contributed by atoms with Crippen molar-refractivity contribution in [2.24, 2.45) is 11.8 Å². The quantitative estimate of drug-likeness (QED) is 0.760. The van der Waals surface area contributed by atoms with Gasteiger partial charge in [0.15, 0.2) is 0 Å². The second-order valence-electron chi connectivity index (χ2n) is 6.32. The molecule has 0 radical (unpaired) electrons. The maximum Gasteiger partial charge on any atom is 0.237 e. The lowest BCUT2D eigenvalue weighted by Crippen LogP contribution is -2.49. The average Bonchev–Trinajstić information content (AvgIpc) is 3.10. The van der Waals surface area contributed by atoms with Gasteiger partial charge in [-0.1, -0.05) is 36.8 Å². The van der Waals surface area contributed by atoms with Gasteiger partial charge >= 0.3 is 0 Å². The minimum Gasteiger partial charge on any atom is -0.394 e. The summed E-state index contributed by atoms with van der Waals surface area (Å²) < 4.78 is 0. The highest BCUT2D eigenvalue weighted by Crippen LogP contribution is 2.37. The van der Waals surface area contributed by atoms with E-state index in [2.05, 4.69) is 10.6 Å². The first kappa shape index (κ1) is 14.5. The molecule has 1 aromatic carbocycles. The zero-order chi connectivity index (χ0) is 14.7. The van der Waals surface area contributed by atoms with Crippen LogP contribution in [0.25, 0.3) is 0 Å². The topological polar surface area (TPSA) is 61.4 Å². The fourth-order valence-electron chi connectivity index (χ4n) is 3.83. The maximum absolute atomic E-state index is 12.5. The summed E-state index contributed by atoms with van der Waals surface area (Å²) in [5.74, 6) is 1.21. The van der Waals surface area contributed by atoms with E-state index < -0.39 is 0 Å². The molecule has 2 fully saturated rings. The van der Waals surface area contributed by atoms with Crippen LogP contribution in [0.1, 0.15) is 24.8 Å². The van der Waals surface area contributed by atoms with Crippen molar-refractivity contribution in [2.45, 2.75) is 37.8 Å². The van der Waals surface area contributed by atoms with E-state index in [9.17, 15) is 9.90 Å². The molecule has 1 heterocycles. The highest BCUT2D eigenvalue weighted by atomic mass is 16.3. The molecule has 1 saturated heterocycles. The highest BCUT2D eigenvalue weighted by Gasteiger charge is 2.42. The van der Waals surface area contributed by atoms with Crippen LogP contribution in [0.2, 0.25) is 0 Å². The number of benzene rings is 1. The van der Waals surface area contributed by atoms with E-state index in [0.29, 0.717) is 18.3 Å². The Morgan fingerprint density at radius 1 is 1.33 bits per heavy atom. The van der Waals surface area contributed by atoms with Gasteiger partial charge in [0.1, 0.15) is 0 Å². The minimum atomic E-state index is -0.206. The molecule has 4 nitrogen and oxygen atoms in total. The molecule has 0 aromatic heterocycles. The van der Waals surface area contributed by atoms with Crippen LogP contribution in [-0.4, -0.2) is 36.2 Å². The molecule has 1 aliphatic heterocycles. The molecular formula is C17H24N2O2. The van der Waals surface area contributed by atoms with Gasteiger partial charge in [0.05, 0.1) is 18.7 Å². The first-order valence-electron chi connectivity index (χ1n) is 7.96. The lowest BCUT2D eigenvalue weighted by atomic mass is 9.93. The Morgan fingerprint density at radius 2 is 2.14 bits per heavy atom. The molecule has 114 valence electrons. The van der Waals surface area contributed by atoms with Crippen LogP contribution in [0.3, 0.4) is 0 Å². The van der Waals surface area contributed by atoms with E-state index in [0.717, 1.165) is 18.5 Å². The third-order valence-corrected chi connectivity index (χ3v) is 4.92. The zero-order valence-electron chi connectivity index (χ0n) is 12.3. The van der Waals surface area contributed by atoms with Crippen molar-refractivity contribution in [1.29, 1.82) is 0 Å². The Labute approximate surface area is 125 Å². The van der Waals surface area contributed by atoms with Crippen LogP contribution in [0, 0.1) is 11.8 Å². The fraction of sp³-hybridized carbons (Fsp3) is 0.588. The van der Waals surface area contributed by atoms with Gasteiger partial charge in [-0.3, -0.25) is 4.79 Å². The summed E-state index contributed by atoms with van der Waals surface area (Å²) in [4.78, 5) is 12.5. The summed E-state index contributed by atoms with van der Waals surface area (Å²) in [5, 5.41) is 15.9. The van der Waals surface area contributed by atoms with Crippen molar-refractivity contribution in [2.75, 3.05) is 13.2 Å². The van der Waals surface area contributed by atoms with Crippen LogP contribution in [-0.2, 0) is 11.2 Å². The van der Waals surface area contributed by atoms with Crippen LogP contribution in [0.4, 0.5) is 0 Å². The van der Waals surface area contributed by atoms with Gasteiger partial charge in [-0.2, -0.15) is 0 Å². The Balaban J connectivity index is 1.57. The molecule has 2 aliphatic rings. The van der Waals surface area contributed by atoms with E-state index in [4.69, 9.17) is 0 Å². The maximum atomic E-state index is 12.5. The summed E-state index contributed by atoms with van der Waals surface area (Å²) >= 11 is 0. The molecule has 4 atom stereocenters. The van der Waals surface area contributed by atoms with Crippen molar-refractivity contribution >= 4 is 5.91 Å². The summed E-state index contributed by atoms with van der Waals surface area (Å²) in [7, 11) is 0. The second kappa shape index (κ2) is 6.58. The van der Waals surface area contributed by atoms with Crippen LogP contribution in [0.15, 0.2) is 30.3 Å². The zero-order valence-corrected chi connectivity index (χ0v) is 12.3. The first-order valence-corrected chi connectivity index (χ1v) is 7.96. The minimum absolute atomic E-state index is 0.0263. The number of aliphatic hydroxyl groups is 1. The molecule has 4 heteroatoms. The van der Waals surface area contributed by atoms with E-state index in [-0.39, 0.29) is 24.6 Å². The van der Waals surface area contributed by atoms with Crippen LogP contribution < -0.4 is 10.6 Å². The molecule has 21 heavy (non-hydrogen) atoms. The molecular weight excluding hydrogens is 264 g/mol. The van der Waals surface area contributed by atoms with Gasteiger partial charge in [-0.25, -0.2) is 0 Å². The average molecular weight is 288 g/mol.